The van der Waals surface area contributed by atoms with Gasteiger partial charge >= 0.3 is 5.97 Å². The maximum Gasteiger partial charge on any atom is 0.307 e. The molecule has 0 heterocycles. The Morgan fingerprint density at radius 2 is 1.64 bits per heavy atom. The monoisotopic (exact) mass is 361 g/mol. The Kier molecular flexibility index (Phi) is 6.73. The molecule has 25 heavy (non-hydrogen) atoms. The first-order valence-corrected chi connectivity index (χ1v) is 9.88. The molecule has 0 aliphatic heterocycles. The van der Waals surface area contributed by atoms with E-state index in [0.717, 1.165) is 17.5 Å². The van der Waals surface area contributed by atoms with E-state index in [-0.39, 0.29) is 18.7 Å². The number of hydrogen-bond donors (Lipinski definition) is 2. The van der Waals surface area contributed by atoms with Gasteiger partial charge < -0.3 is 5.11 Å². The van der Waals surface area contributed by atoms with Crippen LogP contribution in [-0.2, 0) is 40.6 Å². The van der Waals surface area contributed by atoms with Crippen LogP contribution in [0.5, 0.6) is 0 Å². The number of aliphatic carboxylic acids is 1. The molecule has 0 aromatic heterocycles. The van der Waals surface area contributed by atoms with Crippen molar-refractivity contribution < 1.29 is 18.3 Å². The molecule has 5 nitrogen and oxygen atoms in total. The predicted molar refractivity (Wildman–Crippen MR) is 97.9 cm³/mol. The van der Waals surface area contributed by atoms with Gasteiger partial charge in [-0.1, -0.05) is 55.5 Å². The Morgan fingerprint density at radius 3 is 2.28 bits per heavy atom. The lowest BCUT2D eigenvalue weighted by molar-refractivity contribution is -0.136. The van der Waals surface area contributed by atoms with Crippen molar-refractivity contribution in [2.45, 2.75) is 32.7 Å². The number of benzene rings is 2. The Balaban J connectivity index is 1.89. The first-order chi connectivity index (χ1) is 11.9. The molecule has 0 amide bonds. The fourth-order valence-electron chi connectivity index (χ4n) is 2.48. The van der Waals surface area contributed by atoms with Crippen molar-refractivity contribution in [2.75, 3.05) is 5.75 Å². The summed E-state index contributed by atoms with van der Waals surface area (Å²) in [4.78, 5) is 10.7. The molecule has 0 fully saturated rings. The summed E-state index contributed by atoms with van der Waals surface area (Å²) in [6.45, 7) is 2.24. The van der Waals surface area contributed by atoms with Gasteiger partial charge in [-0.3, -0.25) is 4.79 Å². The highest BCUT2D eigenvalue weighted by Crippen LogP contribution is 2.09. The zero-order valence-electron chi connectivity index (χ0n) is 14.2. The first kappa shape index (κ1) is 19.1. The lowest BCUT2D eigenvalue weighted by Gasteiger charge is -2.08. The van der Waals surface area contributed by atoms with E-state index in [1.165, 1.54) is 5.56 Å². The van der Waals surface area contributed by atoms with E-state index in [0.29, 0.717) is 12.0 Å². The van der Waals surface area contributed by atoms with Crippen LogP contribution in [0.4, 0.5) is 0 Å². The fourth-order valence-corrected chi connectivity index (χ4v) is 3.52. The molecule has 0 spiro atoms. The molecular formula is C19H23NO4S. The average Bonchev–Trinajstić information content (AvgIpc) is 2.59. The van der Waals surface area contributed by atoms with Crippen molar-refractivity contribution >= 4 is 16.0 Å². The summed E-state index contributed by atoms with van der Waals surface area (Å²) < 4.78 is 26.9. The number of nitrogens with one attached hydrogen (secondary N) is 1. The summed E-state index contributed by atoms with van der Waals surface area (Å²) >= 11 is 0. The van der Waals surface area contributed by atoms with Gasteiger partial charge in [0.05, 0.1) is 12.2 Å². The van der Waals surface area contributed by atoms with E-state index in [2.05, 4.69) is 11.6 Å². The second-order valence-corrected chi connectivity index (χ2v) is 7.88. The highest BCUT2D eigenvalue weighted by molar-refractivity contribution is 7.89. The molecule has 0 aliphatic carbocycles. The summed E-state index contributed by atoms with van der Waals surface area (Å²) in [5.41, 5.74) is 3.62. The van der Waals surface area contributed by atoms with Crippen LogP contribution in [-0.4, -0.2) is 25.2 Å². The quantitative estimate of drug-likeness (QED) is 0.719. The standard InChI is InChI=1S/C19H23NO4S/c1-2-15-6-8-16(9-7-15)10-11-25(23,24)20-14-18-5-3-4-17(12-18)13-19(21)22/h3-9,12,20H,2,10-11,13-14H2,1H3,(H,21,22). The van der Waals surface area contributed by atoms with Crippen molar-refractivity contribution in [3.8, 4) is 0 Å². The molecule has 2 aromatic rings. The van der Waals surface area contributed by atoms with Crippen LogP contribution in [0.15, 0.2) is 48.5 Å². The van der Waals surface area contributed by atoms with Crippen LogP contribution >= 0.6 is 0 Å². The van der Waals surface area contributed by atoms with Crippen LogP contribution < -0.4 is 4.72 Å². The molecule has 0 unspecified atom stereocenters. The van der Waals surface area contributed by atoms with Crippen molar-refractivity contribution in [3.63, 3.8) is 0 Å². The molecular weight excluding hydrogens is 338 g/mol. The summed E-state index contributed by atoms with van der Waals surface area (Å²) in [6.07, 6.45) is 1.34. The smallest absolute Gasteiger partial charge is 0.307 e. The molecule has 2 rings (SSSR count). The van der Waals surface area contributed by atoms with Gasteiger partial charge in [0.2, 0.25) is 10.0 Å². The minimum Gasteiger partial charge on any atom is -0.481 e. The Labute approximate surface area is 148 Å². The molecule has 0 atom stereocenters. The molecule has 0 saturated carbocycles. The number of hydrogen-bond acceptors (Lipinski definition) is 3. The Hall–Kier alpha value is -2.18. The maximum absolute atomic E-state index is 12.2. The first-order valence-electron chi connectivity index (χ1n) is 8.23. The predicted octanol–water partition coefficient (Wildman–Crippen LogP) is 2.54. The highest BCUT2D eigenvalue weighted by Gasteiger charge is 2.11. The number of rotatable bonds is 9. The molecule has 0 aliphatic rings. The van der Waals surface area contributed by atoms with Crippen LogP contribution in [0.2, 0.25) is 0 Å². The molecule has 2 aromatic carbocycles. The lowest BCUT2D eigenvalue weighted by atomic mass is 10.1. The fraction of sp³-hybridized carbons (Fsp3) is 0.316. The summed E-state index contributed by atoms with van der Waals surface area (Å²) in [7, 11) is -3.40. The molecule has 0 bridgehead atoms. The van der Waals surface area contributed by atoms with E-state index in [4.69, 9.17) is 5.11 Å². The van der Waals surface area contributed by atoms with Gasteiger partial charge in [-0.15, -0.1) is 0 Å². The van der Waals surface area contributed by atoms with E-state index < -0.39 is 16.0 Å². The SMILES string of the molecule is CCc1ccc(CCS(=O)(=O)NCc2cccc(CC(=O)O)c2)cc1. The van der Waals surface area contributed by atoms with Gasteiger partial charge in [-0.05, 0) is 35.1 Å². The maximum atomic E-state index is 12.2. The van der Waals surface area contributed by atoms with Crippen LogP contribution in [0.3, 0.4) is 0 Å². The van der Waals surface area contributed by atoms with Crippen molar-refractivity contribution in [1.82, 2.24) is 4.72 Å². The molecule has 134 valence electrons. The third-order valence-electron chi connectivity index (χ3n) is 3.93. The van der Waals surface area contributed by atoms with Gasteiger partial charge in [-0.2, -0.15) is 0 Å². The topological polar surface area (TPSA) is 83.5 Å². The minimum absolute atomic E-state index is 0.0211. The lowest BCUT2D eigenvalue weighted by Crippen LogP contribution is -2.27. The van der Waals surface area contributed by atoms with Gasteiger partial charge in [0.1, 0.15) is 0 Å². The van der Waals surface area contributed by atoms with Crippen molar-refractivity contribution in [1.29, 1.82) is 0 Å². The second kappa shape index (κ2) is 8.78. The Morgan fingerprint density at radius 1 is 1.00 bits per heavy atom. The second-order valence-electron chi connectivity index (χ2n) is 5.95. The molecule has 0 saturated heterocycles. The largest absolute Gasteiger partial charge is 0.481 e. The zero-order valence-corrected chi connectivity index (χ0v) is 15.1. The molecule has 6 heteroatoms. The number of sulfonamides is 1. The van der Waals surface area contributed by atoms with Crippen molar-refractivity contribution in [2.24, 2.45) is 0 Å². The average molecular weight is 361 g/mol. The van der Waals surface area contributed by atoms with E-state index in [1.54, 1.807) is 24.3 Å². The summed E-state index contributed by atoms with van der Waals surface area (Å²) in [5.74, 6) is -0.889. The van der Waals surface area contributed by atoms with E-state index in [1.807, 2.05) is 24.3 Å². The van der Waals surface area contributed by atoms with Gasteiger partial charge in [0, 0.05) is 6.54 Å². The van der Waals surface area contributed by atoms with Gasteiger partial charge in [0.25, 0.3) is 0 Å². The number of carboxylic acid groups (broad SMARTS) is 1. The van der Waals surface area contributed by atoms with Crippen LogP contribution in [0, 0.1) is 0 Å². The Bertz CT molecular complexity index is 814. The van der Waals surface area contributed by atoms with Crippen LogP contribution in [0.25, 0.3) is 0 Å². The number of carbonyl (C=O) groups is 1. The molecule has 0 radical (unpaired) electrons. The third-order valence-corrected chi connectivity index (χ3v) is 5.26. The minimum atomic E-state index is -3.40. The van der Waals surface area contributed by atoms with Gasteiger partial charge in [0.15, 0.2) is 0 Å². The normalized spacial score (nSPS) is 11.4. The van der Waals surface area contributed by atoms with Crippen molar-refractivity contribution in [3.05, 3.63) is 70.8 Å². The van der Waals surface area contributed by atoms with E-state index >= 15 is 0 Å². The van der Waals surface area contributed by atoms with E-state index in [9.17, 15) is 13.2 Å². The number of carboxylic acids is 1. The third kappa shape index (κ3) is 6.68. The van der Waals surface area contributed by atoms with Gasteiger partial charge in [-0.25, -0.2) is 13.1 Å². The summed E-state index contributed by atoms with van der Waals surface area (Å²) in [5, 5.41) is 8.82. The number of aryl methyl sites for hydroxylation is 2. The highest BCUT2D eigenvalue weighted by atomic mass is 32.2. The zero-order chi connectivity index (χ0) is 18.3. The summed E-state index contributed by atoms with van der Waals surface area (Å²) in [6, 6.07) is 14.9. The molecule has 2 N–H and O–H groups in total. The van der Waals surface area contributed by atoms with Crippen LogP contribution in [0.1, 0.15) is 29.2 Å².